The number of aromatic nitrogens is 3. The first-order chi connectivity index (χ1) is 9.06. The Morgan fingerprint density at radius 3 is 2.63 bits per heavy atom. The zero-order valence-corrected chi connectivity index (χ0v) is 11.1. The molecule has 0 radical (unpaired) electrons. The number of carbonyl (C=O) groups is 1. The van der Waals surface area contributed by atoms with Gasteiger partial charge in [0.15, 0.2) is 5.82 Å². The van der Waals surface area contributed by atoms with E-state index in [1.807, 2.05) is 19.9 Å². The monoisotopic (exact) mass is 259 g/mol. The third-order valence-corrected chi connectivity index (χ3v) is 2.92. The van der Waals surface area contributed by atoms with Crippen molar-refractivity contribution in [2.24, 2.45) is 5.73 Å². The number of nitrogens with zero attached hydrogens (tertiary/aromatic N) is 3. The van der Waals surface area contributed by atoms with Gasteiger partial charge >= 0.3 is 0 Å². The summed E-state index contributed by atoms with van der Waals surface area (Å²) in [6, 6.07) is 5.14. The fourth-order valence-corrected chi connectivity index (χ4v) is 1.85. The molecule has 0 spiro atoms. The Balaban J connectivity index is 2.60. The van der Waals surface area contributed by atoms with Crippen molar-refractivity contribution in [1.82, 2.24) is 14.8 Å². The molecule has 0 aliphatic carbocycles. The third kappa shape index (κ3) is 2.42. The molecule has 4 N–H and O–H groups in total. The maximum absolute atomic E-state index is 11.2. The number of rotatable bonds is 4. The van der Waals surface area contributed by atoms with Crippen LogP contribution in [-0.4, -0.2) is 20.7 Å². The Labute approximate surface area is 111 Å². The van der Waals surface area contributed by atoms with Crippen molar-refractivity contribution in [2.45, 2.75) is 26.7 Å². The van der Waals surface area contributed by atoms with Gasteiger partial charge in [-0.15, -0.1) is 0 Å². The first kappa shape index (κ1) is 13.1. The number of amides is 1. The molecule has 0 saturated heterocycles. The van der Waals surface area contributed by atoms with Gasteiger partial charge in [0.05, 0.1) is 11.4 Å². The molecular weight excluding hydrogens is 242 g/mol. The SMILES string of the molecule is CCc1cc(CC)n(-c2nc(C(N)=O)ccc2N)n1. The molecule has 6 nitrogen and oxygen atoms in total. The normalized spacial score (nSPS) is 10.6. The van der Waals surface area contributed by atoms with Crippen LogP contribution in [0.4, 0.5) is 5.69 Å². The lowest BCUT2D eigenvalue weighted by molar-refractivity contribution is 0.0995. The standard InChI is InChI=1S/C13H17N5O/c1-3-8-7-9(4-2)18(17-8)13-10(14)5-6-11(16-13)12(15)19/h5-7H,3-4,14H2,1-2H3,(H2,15,19). The predicted octanol–water partition coefficient (Wildman–Crippen LogP) is 1.07. The smallest absolute Gasteiger partial charge is 0.267 e. The highest BCUT2D eigenvalue weighted by Gasteiger charge is 2.13. The zero-order chi connectivity index (χ0) is 14.0. The molecule has 0 saturated carbocycles. The van der Waals surface area contributed by atoms with Crippen molar-refractivity contribution < 1.29 is 4.79 Å². The molecule has 1 amide bonds. The maximum atomic E-state index is 11.2. The summed E-state index contributed by atoms with van der Waals surface area (Å²) in [5, 5.41) is 4.45. The second kappa shape index (κ2) is 5.09. The Hall–Kier alpha value is -2.37. The van der Waals surface area contributed by atoms with E-state index in [1.165, 1.54) is 6.07 Å². The highest BCUT2D eigenvalue weighted by molar-refractivity contribution is 5.91. The van der Waals surface area contributed by atoms with E-state index in [4.69, 9.17) is 11.5 Å². The molecule has 0 aliphatic heterocycles. The summed E-state index contributed by atoms with van der Waals surface area (Å²) in [4.78, 5) is 15.4. The first-order valence-corrected chi connectivity index (χ1v) is 6.21. The molecular formula is C13H17N5O. The molecule has 0 aromatic carbocycles. The fourth-order valence-electron chi connectivity index (χ4n) is 1.85. The van der Waals surface area contributed by atoms with E-state index in [0.29, 0.717) is 11.5 Å². The molecule has 2 aromatic heterocycles. The summed E-state index contributed by atoms with van der Waals surface area (Å²) in [6.45, 7) is 4.06. The van der Waals surface area contributed by atoms with Crippen LogP contribution in [0.5, 0.6) is 0 Å². The molecule has 0 bridgehead atoms. The average Bonchev–Trinajstić information content (AvgIpc) is 2.82. The summed E-state index contributed by atoms with van der Waals surface area (Å²) < 4.78 is 1.68. The molecule has 19 heavy (non-hydrogen) atoms. The van der Waals surface area contributed by atoms with E-state index < -0.39 is 5.91 Å². The molecule has 100 valence electrons. The number of aryl methyl sites for hydroxylation is 2. The van der Waals surface area contributed by atoms with E-state index in [9.17, 15) is 4.79 Å². The van der Waals surface area contributed by atoms with Gasteiger partial charge in [-0.3, -0.25) is 4.79 Å². The van der Waals surface area contributed by atoms with Gasteiger partial charge in [0.2, 0.25) is 0 Å². The van der Waals surface area contributed by atoms with Gasteiger partial charge in [-0.25, -0.2) is 9.67 Å². The number of nitrogens with two attached hydrogens (primary N) is 2. The summed E-state index contributed by atoms with van der Waals surface area (Å²) in [6.07, 6.45) is 1.63. The lowest BCUT2D eigenvalue weighted by Crippen LogP contribution is -2.16. The third-order valence-electron chi connectivity index (χ3n) is 2.92. The van der Waals surface area contributed by atoms with Crippen molar-refractivity contribution in [3.63, 3.8) is 0 Å². The lowest BCUT2D eigenvalue weighted by Gasteiger charge is -2.08. The summed E-state index contributed by atoms with van der Waals surface area (Å²) in [5.74, 6) is -0.130. The minimum absolute atomic E-state index is 0.180. The number of hydrogen-bond acceptors (Lipinski definition) is 4. The number of carbonyl (C=O) groups excluding carboxylic acids is 1. The summed E-state index contributed by atoms with van der Waals surface area (Å²) in [7, 11) is 0. The summed E-state index contributed by atoms with van der Waals surface area (Å²) >= 11 is 0. The van der Waals surface area contributed by atoms with Crippen molar-refractivity contribution >= 4 is 11.6 Å². The molecule has 2 rings (SSSR count). The van der Waals surface area contributed by atoms with Crippen LogP contribution in [0.2, 0.25) is 0 Å². The highest BCUT2D eigenvalue weighted by atomic mass is 16.1. The molecule has 0 atom stereocenters. The van der Waals surface area contributed by atoms with Crippen molar-refractivity contribution in [2.75, 3.05) is 5.73 Å². The van der Waals surface area contributed by atoms with Crippen LogP contribution in [0.1, 0.15) is 35.7 Å². The van der Waals surface area contributed by atoms with Crippen LogP contribution in [-0.2, 0) is 12.8 Å². The molecule has 2 aromatic rings. The van der Waals surface area contributed by atoms with Crippen LogP contribution in [0, 0.1) is 0 Å². The van der Waals surface area contributed by atoms with Crippen LogP contribution < -0.4 is 11.5 Å². The van der Waals surface area contributed by atoms with Gasteiger partial charge < -0.3 is 11.5 Å². The van der Waals surface area contributed by atoms with Crippen molar-refractivity contribution in [3.8, 4) is 5.82 Å². The molecule has 0 unspecified atom stereocenters. The predicted molar refractivity (Wildman–Crippen MR) is 73.0 cm³/mol. The minimum atomic E-state index is -0.581. The van der Waals surface area contributed by atoms with Crippen LogP contribution in [0.3, 0.4) is 0 Å². The molecule has 6 heteroatoms. The fraction of sp³-hybridized carbons (Fsp3) is 0.308. The zero-order valence-electron chi connectivity index (χ0n) is 11.1. The van der Waals surface area contributed by atoms with E-state index in [0.717, 1.165) is 24.2 Å². The average molecular weight is 259 g/mol. The van der Waals surface area contributed by atoms with Gasteiger partial charge in [0.25, 0.3) is 5.91 Å². The van der Waals surface area contributed by atoms with Gasteiger partial charge in [-0.2, -0.15) is 5.10 Å². The van der Waals surface area contributed by atoms with Gasteiger partial charge in [-0.05, 0) is 31.0 Å². The maximum Gasteiger partial charge on any atom is 0.267 e. The number of anilines is 1. The second-order valence-electron chi connectivity index (χ2n) is 4.22. The first-order valence-electron chi connectivity index (χ1n) is 6.21. The number of primary amides is 1. The van der Waals surface area contributed by atoms with Crippen LogP contribution in [0.15, 0.2) is 18.2 Å². The Morgan fingerprint density at radius 1 is 1.32 bits per heavy atom. The van der Waals surface area contributed by atoms with Crippen LogP contribution in [0.25, 0.3) is 5.82 Å². The largest absolute Gasteiger partial charge is 0.396 e. The summed E-state index contributed by atoms with van der Waals surface area (Å²) in [5.41, 5.74) is 13.8. The Bertz CT molecular complexity index is 617. The quantitative estimate of drug-likeness (QED) is 0.857. The van der Waals surface area contributed by atoms with E-state index in [2.05, 4.69) is 10.1 Å². The van der Waals surface area contributed by atoms with Gasteiger partial charge in [-0.1, -0.05) is 13.8 Å². The lowest BCUT2D eigenvalue weighted by atomic mass is 10.2. The minimum Gasteiger partial charge on any atom is -0.396 e. The second-order valence-corrected chi connectivity index (χ2v) is 4.22. The number of nitrogen functional groups attached to an aromatic ring is 1. The van der Waals surface area contributed by atoms with E-state index >= 15 is 0 Å². The van der Waals surface area contributed by atoms with Gasteiger partial charge in [0.1, 0.15) is 5.69 Å². The Kier molecular flexibility index (Phi) is 3.50. The highest BCUT2D eigenvalue weighted by Crippen LogP contribution is 2.18. The van der Waals surface area contributed by atoms with E-state index in [-0.39, 0.29) is 5.69 Å². The number of pyridine rings is 1. The van der Waals surface area contributed by atoms with Gasteiger partial charge in [0, 0.05) is 5.69 Å². The topological polar surface area (TPSA) is 99.8 Å². The van der Waals surface area contributed by atoms with Crippen LogP contribution >= 0.6 is 0 Å². The number of hydrogen-bond donors (Lipinski definition) is 2. The van der Waals surface area contributed by atoms with Crippen molar-refractivity contribution in [3.05, 3.63) is 35.3 Å². The van der Waals surface area contributed by atoms with E-state index in [1.54, 1.807) is 10.7 Å². The van der Waals surface area contributed by atoms with Crippen molar-refractivity contribution in [1.29, 1.82) is 0 Å². The molecule has 0 fully saturated rings. The molecule has 2 heterocycles. The molecule has 0 aliphatic rings. The Morgan fingerprint density at radius 2 is 2.05 bits per heavy atom.